The van der Waals surface area contributed by atoms with Gasteiger partial charge in [-0.25, -0.2) is 0 Å². The lowest BCUT2D eigenvalue weighted by Gasteiger charge is -2.32. The van der Waals surface area contributed by atoms with Crippen molar-refractivity contribution in [1.82, 2.24) is 29.8 Å². The van der Waals surface area contributed by atoms with Crippen molar-refractivity contribution in [1.29, 1.82) is 0 Å². The highest BCUT2D eigenvalue weighted by Gasteiger charge is 2.23. The molecule has 3 rings (SSSR count). The van der Waals surface area contributed by atoms with Gasteiger partial charge in [-0.2, -0.15) is 10.2 Å². The van der Waals surface area contributed by atoms with Crippen LogP contribution in [-0.4, -0.2) is 50.5 Å². The van der Waals surface area contributed by atoms with E-state index in [-0.39, 0.29) is 5.91 Å². The van der Waals surface area contributed by atoms with E-state index in [0.717, 1.165) is 32.5 Å². The summed E-state index contributed by atoms with van der Waals surface area (Å²) in [6.45, 7) is 5.04. The van der Waals surface area contributed by atoms with Crippen LogP contribution in [0.2, 0.25) is 0 Å². The Morgan fingerprint density at radius 2 is 2.30 bits per heavy atom. The molecule has 124 valence electrons. The lowest BCUT2D eigenvalue weighted by Crippen LogP contribution is -2.37. The smallest absolute Gasteiger partial charge is 0.271 e. The van der Waals surface area contributed by atoms with Gasteiger partial charge in [-0.1, -0.05) is 0 Å². The average Bonchev–Trinajstić information content (AvgIpc) is 3.17. The summed E-state index contributed by atoms with van der Waals surface area (Å²) in [5, 5.41) is 11.4. The summed E-state index contributed by atoms with van der Waals surface area (Å²) in [4.78, 5) is 14.1. The fourth-order valence-electron chi connectivity index (χ4n) is 3.19. The minimum atomic E-state index is -0.137. The SMILES string of the molecule is CNC(=O)c1ccn(C2CCCN(Cc3c(C)cnn3C)C2)n1. The molecule has 1 aliphatic rings. The van der Waals surface area contributed by atoms with E-state index in [2.05, 4.69) is 27.3 Å². The van der Waals surface area contributed by atoms with Gasteiger partial charge in [0.05, 0.1) is 17.9 Å². The predicted molar refractivity (Wildman–Crippen MR) is 87.1 cm³/mol. The Morgan fingerprint density at radius 1 is 1.48 bits per heavy atom. The zero-order valence-corrected chi connectivity index (χ0v) is 14.0. The number of amides is 1. The molecular formula is C16H24N6O. The summed E-state index contributed by atoms with van der Waals surface area (Å²) in [5.74, 6) is -0.137. The Bertz CT molecular complexity index is 669. The zero-order valence-electron chi connectivity index (χ0n) is 14.0. The number of nitrogens with one attached hydrogen (secondary N) is 1. The van der Waals surface area contributed by atoms with E-state index < -0.39 is 0 Å². The number of aromatic nitrogens is 4. The number of likely N-dealkylation sites (tertiary alicyclic amines) is 1. The molecule has 7 heteroatoms. The van der Waals surface area contributed by atoms with Crippen LogP contribution in [0.4, 0.5) is 0 Å². The Balaban J connectivity index is 1.68. The van der Waals surface area contributed by atoms with E-state index >= 15 is 0 Å². The summed E-state index contributed by atoms with van der Waals surface area (Å²) in [5.41, 5.74) is 2.97. The quantitative estimate of drug-likeness (QED) is 0.918. The molecule has 3 heterocycles. The normalized spacial score (nSPS) is 19.0. The van der Waals surface area contributed by atoms with Gasteiger partial charge < -0.3 is 5.32 Å². The van der Waals surface area contributed by atoms with E-state index in [0.29, 0.717) is 11.7 Å². The van der Waals surface area contributed by atoms with Crippen molar-refractivity contribution in [3.63, 3.8) is 0 Å². The number of aryl methyl sites for hydroxylation is 2. The molecule has 1 unspecified atom stereocenters. The van der Waals surface area contributed by atoms with Crippen molar-refractivity contribution in [2.24, 2.45) is 7.05 Å². The van der Waals surface area contributed by atoms with Gasteiger partial charge in [0, 0.05) is 33.4 Å². The van der Waals surface area contributed by atoms with Gasteiger partial charge >= 0.3 is 0 Å². The Hall–Kier alpha value is -2.15. The van der Waals surface area contributed by atoms with Crippen LogP contribution in [0.1, 0.15) is 40.6 Å². The summed E-state index contributed by atoms with van der Waals surface area (Å²) in [7, 11) is 3.62. The van der Waals surface area contributed by atoms with Gasteiger partial charge in [-0.15, -0.1) is 0 Å². The van der Waals surface area contributed by atoms with Gasteiger partial charge in [0.1, 0.15) is 5.69 Å². The fraction of sp³-hybridized carbons (Fsp3) is 0.562. The van der Waals surface area contributed by atoms with Crippen molar-refractivity contribution >= 4 is 5.91 Å². The maximum Gasteiger partial charge on any atom is 0.271 e. The molecule has 0 bridgehead atoms. The number of carbonyl (C=O) groups is 1. The predicted octanol–water partition coefficient (Wildman–Crippen LogP) is 1.12. The van der Waals surface area contributed by atoms with Crippen LogP contribution in [0.15, 0.2) is 18.5 Å². The third kappa shape index (κ3) is 3.29. The van der Waals surface area contributed by atoms with Crippen LogP contribution in [-0.2, 0) is 13.6 Å². The molecule has 1 N–H and O–H groups in total. The summed E-state index contributed by atoms with van der Waals surface area (Å²) in [6, 6.07) is 2.10. The molecule has 7 nitrogen and oxygen atoms in total. The first kappa shape index (κ1) is 15.7. The van der Waals surface area contributed by atoms with E-state index in [4.69, 9.17) is 0 Å². The lowest BCUT2D eigenvalue weighted by atomic mass is 10.1. The molecule has 0 aromatic carbocycles. The topological polar surface area (TPSA) is 68.0 Å². The molecule has 1 aliphatic heterocycles. The van der Waals surface area contributed by atoms with Crippen molar-refractivity contribution in [3.05, 3.63) is 35.4 Å². The number of rotatable bonds is 4. The molecule has 2 aromatic rings. The van der Waals surface area contributed by atoms with Crippen LogP contribution in [0.25, 0.3) is 0 Å². The molecule has 1 fully saturated rings. The Labute approximate surface area is 136 Å². The summed E-state index contributed by atoms with van der Waals surface area (Å²) in [6.07, 6.45) is 6.06. The molecule has 0 saturated carbocycles. The maximum absolute atomic E-state index is 11.7. The Morgan fingerprint density at radius 3 is 3.00 bits per heavy atom. The molecule has 0 radical (unpaired) electrons. The summed E-state index contributed by atoms with van der Waals surface area (Å²) >= 11 is 0. The second kappa shape index (κ2) is 6.54. The highest BCUT2D eigenvalue weighted by Crippen LogP contribution is 2.23. The lowest BCUT2D eigenvalue weighted by molar-refractivity contribution is 0.0955. The van der Waals surface area contributed by atoms with Gasteiger partial charge in [0.25, 0.3) is 5.91 Å². The van der Waals surface area contributed by atoms with Crippen LogP contribution in [0.5, 0.6) is 0 Å². The van der Waals surface area contributed by atoms with Crippen LogP contribution in [0.3, 0.4) is 0 Å². The van der Waals surface area contributed by atoms with Crippen molar-refractivity contribution < 1.29 is 4.79 Å². The fourth-order valence-corrected chi connectivity index (χ4v) is 3.19. The van der Waals surface area contributed by atoms with Crippen LogP contribution in [0, 0.1) is 6.92 Å². The van der Waals surface area contributed by atoms with Crippen molar-refractivity contribution in [3.8, 4) is 0 Å². The van der Waals surface area contributed by atoms with Gasteiger partial charge in [0.15, 0.2) is 0 Å². The second-order valence-electron chi connectivity index (χ2n) is 6.19. The van der Waals surface area contributed by atoms with E-state index in [1.807, 2.05) is 28.8 Å². The van der Waals surface area contributed by atoms with E-state index in [1.165, 1.54) is 11.3 Å². The van der Waals surface area contributed by atoms with Crippen molar-refractivity contribution in [2.75, 3.05) is 20.1 Å². The number of piperidine rings is 1. The minimum Gasteiger partial charge on any atom is -0.354 e. The summed E-state index contributed by atoms with van der Waals surface area (Å²) < 4.78 is 3.89. The third-order valence-corrected chi connectivity index (χ3v) is 4.57. The number of hydrogen-bond donors (Lipinski definition) is 1. The first-order valence-corrected chi connectivity index (χ1v) is 8.05. The zero-order chi connectivity index (χ0) is 16.4. The first-order valence-electron chi connectivity index (χ1n) is 8.05. The molecule has 2 aromatic heterocycles. The molecule has 23 heavy (non-hydrogen) atoms. The molecular weight excluding hydrogens is 292 g/mol. The number of hydrogen-bond acceptors (Lipinski definition) is 4. The van der Waals surface area contributed by atoms with Gasteiger partial charge in [0.2, 0.25) is 0 Å². The monoisotopic (exact) mass is 316 g/mol. The molecule has 1 saturated heterocycles. The van der Waals surface area contributed by atoms with Crippen molar-refractivity contribution in [2.45, 2.75) is 32.4 Å². The Kier molecular flexibility index (Phi) is 4.47. The molecule has 1 atom stereocenters. The third-order valence-electron chi connectivity index (χ3n) is 4.57. The van der Waals surface area contributed by atoms with Gasteiger partial charge in [-0.05, 0) is 37.9 Å². The standard InChI is InChI=1S/C16H24N6O/c1-12-9-18-20(3)15(12)11-21-7-4-5-13(10-21)22-8-6-14(19-22)16(23)17-2/h6,8-9,13H,4-5,7,10-11H2,1-3H3,(H,17,23). The molecule has 0 aliphatic carbocycles. The largest absolute Gasteiger partial charge is 0.354 e. The van der Waals surface area contributed by atoms with Gasteiger partial charge in [-0.3, -0.25) is 19.1 Å². The highest BCUT2D eigenvalue weighted by molar-refractivity contribution is 5.91. The number of carbonyl (C=O) groups excluding carboxylic acids is 1. The highest BCUT2D eigenvalue weighted by atomic mass is 16.1. The first-order chi connectivity index (χ1) is 11.1. The van der Waals surface area contributed by atoms with E-state index in [9.17, 15) is 4.79 Å². The minimum absolute atomic E-state index is 0.137. The average molecular weight is 316 g/mol. The van der Waals surface area contributed by atoms with Crippen LogP contribution >= 0.6 is 0 Å². The van der Waals surface area contributed by atoms with Crippen LogP contribution < -0.4 is 5.32 Å². The maximum atomic E-state index is 11.7. The number of nitrogens with zero attached hydrogens (tertiary/aromatic N) is 5. The van der Waals surface area contributed by atoms with E-state index in [1.54, 1.807) is 13.1 Å². The molecule has 1 amide bonds. The molecule has 0 spiro atoms. The second-order valence-corrected chi connectivity index (χ2v) is 6.19.